The summed E-state index contributed by atoms with van der Waals surface area (Å²) in [5.41, 5.74) is 8.04. The van der Waals surface area contributed by atoms with Crippen molar-refractivity contribution in [1.29, 1.82) is 0 Å². The third-order valence-electron chi connectivity index (χ3n) is 3.86. The number of nitrogens with zero attached hydrogens (tertiary/aromatic N) is 4. The Morgan fingerprint density at radius 3 is 2.95 bits per heavy atom. The second kappa shape index (κ2) is 4.65. The monoisotopic (exact) mass is 261 g/mol. The number of hydrogen-bond donors (Lipinski definition) is 3. The maximum absolute atomic E-state index is 6.11. The van der Waals surface area contributed by atoms with E-state index in [1.165, 1.54) is 0 Å². The van der Waals surface area contributed by atoms with Crippen LogP contribution in [0.2, 0.25) is 0 Å². The number of rotatable bonds is 2. The van der Waals surface area contributed by atoms with Gasteiger partial charge in [0.05, 0.1) is 11.8 Å². The molecule has 1 aliphatic heterocycles. The smallest absolute Gasteiger partial charge is 0.245 e. The van der Waals surface area contributed by atoms with Crippen LogP contribution in [-0.2, 0) is 0 Å². The van der Waals surface area contributed by atoms with Gasteiger partial charge in [0.1, 0.15) is 0 Å². The zero-order valence-corrected chi connectivity index (χ0v) is 11.2. The molecule has 0 saturated carbocycles. The summed E-state index contributed by atoms with van der Waals surface area (Å²) in [4.78, 5) is 6.68. The number of aryl methyl sites for hydroxylation is 1. The molecule has 7 nitrogen and oxygen atoms in total. The van der Waals surface area contributed by atoms with Crippen LogP contribution in [0.3, 0.4) is 0 Å². The van der Waals surface area contributed by atoms with E-state index in [0.717, 1.165) is 42.5 Å². The molecule has 3 heterocycles. The average molecular weight is 261 g/mol. The predicted octanol–water partition coefficient (Wildman–Crippen LogP) is 0.677. The minimum atomic E-state index is 0.186. The highest BCUT2D eigenvalue weighted by Gasteiger charge is 2.25. The molecule has 2 atom stereocenters. The Bertz CT molecular complexity index is 558. The van der Waals surface area contributed by atoms with Gasteiger partial charge in [-0.2, -0.15) is 10.1 Å². The Labute approximate surface area is 111 Å². The maximum Gasteiger partial charge on any atom is 0.245 e. The number of H-pyrrole nitrogens is 2. The quantitative estimate of drug-likeness (QED) is 0.738. The van der Waals surface area contributed by atoms with Gasteiger partial charge in [-0.1, -0.05) is 6.92 Å². The minimum Gasteiger partial charge on any atom is -0.338 e. The zero-order valence-electron chi connectivity index (χ0n) is 11.2. The van der Waals surface area contributed by atoms with Gasteiger partial charge in [-0.15, -0.1) is 5.10 Å². The number of anilines is 1. The molecule has 0 radical (unpaired) electrons. The van der Waals surface area contributed by atoms with E-state index >= 15 is 0 Å². The van der Waals surface area contributed by atoms with Crippen LogP contribution in [0.15, 0.2) is 6.20 Å². The van der Waals surface area contributed by atoms with Gasteiger partial charge in [-0.3, -0.25) is 10.2 Å². The molecular formula is C12H19N7. The second-order valence-corrected chi connectivity index (χ2v) is 5.27. The van der Waals surface area contributed by atoms with Crippen molar-refractivity contribution in [2.75, 3.05) is 18.0 Å². The maximum atomic E-state index is 6.11. The van der Waals surface area contributed by atoms with Crippen LogP contribution in [0, 0.1) is 12.8 Å². The van der Waals surface area contributed by atoms with Crippen molar-refractivity contribution >= 4 is 5.95 Å². The average Bonchev–Trinajstić information content (AvgIpc) is 3.01. The van der Waals surface area contributed by atoms with Crippen LogP contribution in [0.5, 0.6) is 0 Å². The highest BCUT2D eigenvalue weighted by Crippen LogP contribution is 2.22. The van der Waals surface area contributed by atoms with Crippen molar-refractivity contribution < 1.29 is 0 Å². The molecule has 0 bridgehead atoms. The molecule has 1 saturated heterocycles. The van der Waals surface area contributed by atoms with Gasteiger partial charge in [0.15, 0.2) is 5.82 Å². The zero-order chi connectivity index (χ0) is 13.4. The van der Waals surface area contributed by atoms with Gasteiger partial charge in [0.2, 0.25) is 5.95 Å². The van der Waals surface area contributed by atoms with Crippen molar-refractivity contribution in [3.8, 4) is 11.4 Å². The standard InChI is InChI=1S/C12H19N7/c1-7-3-4-19(6-10(7)13)12-15-11(17-18-12)9-5-14-16-8(9)2/h5,7,10H,3-4,6,13H2,1-2H3,(H,14,16)(H,15,17,18). The number of aromatic nitrogens is 5. The first kappa shape index (κ1) is 12.2. The van der Waals surface area contributed by atoms with Crippen molar-refractivity contribution in [3.05, 3.63) is 11.9 Å². The number of aromatic amines is 2. The summed E-state index contributed by atoms with van der Waals surface area (Å²) in [5, 5.41) is 14.2. The highest BCUT2D eigenvalue weighted by atomic mass is 15.4. The van der Waals surface area contributed by atoms with Crippen LogP contribution in [-0.4, -0.2) is 44.5 Å². The lowest BCUT2D eigenvalue weighted by Crippen LogP contribution is -2.48. The SMILES string of the molecule is Cc1[nH]ncc1-c1nc(N2CCC(C)C(N)C2)n[nH]1. The largest absolute Gasteiger partial charge is 0.338 e. The molecule has 0 aromatic carbocycles. The number of piperidine rings is 1. The molecule has 2 aromatic rings. The summed E-state index contributed by atoms with van der Waals surface area (Å²) >= 11 is 0. The fourth-order valence-electron chi connectivity index (χ4n) is 2.39. The lowest BCUT2D eigenvalue weighted by Gasteiger charge is -2.34. The Hall–Kier alpha value is -1.89. The fourth-order valence-corrected chi connectivity index (χ4v) is 2.39. The Balaban J connectivity index is 1.80. The molecule has 0 spiro atoms. The first-order valence-corrected chi connectivity index (χ1v) is 6.58. The Morgan fingerprint density at radius 1 is 1.42 bits per heavy atom. The van der Waals surface area contributed by atoms with E-state index in [-0.39, 0.29) is 6.04 Å². The van der Waals surface area contributed by atoms with Gasteiger partial charge in [0, 0.05) is 24.8 Å². The van der Waals surface area contributed by atoms with E-state index < -0.39 is 0 Å². The lowest BCUT2D eigenvalue weighted by molar-refractivity contribution is 0.376. The van der Waals surface area contributed by atoms with E-state index in [0.29, 0.717) is 5.92 Å². The predicted molar refractivity (Wildman–Crippen MR) is 72.7 cm³/mol. The molecule has 7 heteroatoms. The highest BCUT2D eigenvalue weighted by molar-refractivity contribution is 5.57. The summed E-state index contributed by atoms with van der Waals surface area (Å²) in [6.07, 6.45) is 2.83. The van der Waals surface area contributed by atoms with Crippen LogP contribution in [0.1, 0.15) is 19.0 Å². The molecule has 3 rings (SSSR count). The Kier molecular flexibility index (Phi) is 2.98. The van der Waals surface area contributed by atoms with Crippen LogP contribution < -0.4 is 10.6 Å². The number of nitrogens with two attached hydrogens (primary N) is 1. The first-order valence-electron chi connectivity index (χ1n) is 6.58. The van der Waals surface area contributed by atoms with Crippen molar-refractivity contribution in [1.82, 2.24) is 25.4 Å². The molecule has 0 amide bonds. The van der Waals surface area contributed by atoms with Gasteiger partial charge >= 0.3 is 0 Å². The van der Waals surface area contributed by atoms with Crippen LogP contribution in [0.4, 0.5) is 5.95 Å². The fraction of sp³-hybridized carbons (Fsp3) is 0.583. The normalized spacial score (nSPS) is 23.8. The third-order valence-corrected chi connectivity index (χ3v) is 3.86. The summed E-state index contributed by atoms with van der Waals surface area (Å²) < 4.78 is 0. The van der Waals surface area contributed by atoms with E-state index in [1.54, 1.807) is 6.20 Å². The van der Waals surface area contributed by atoms with E-state index in [4.69, 9.17) is 5.73 Å². The molecule has 4 N–H and O–H groups in total. The molecule has 2 aromatic heterocycles. The number of nitrogens with one attached hydrogen (secondary N) is 2. The molecule has 102 valence electrons. The molecular weight excluding hydrogens is 242 g/mol. The van der Waals surface area contributed by atoms with E-state index in [1.807, 2.05) is 6.92 Å². The molecule has 2 unspecified atom stereocenters. The van der Waals surface area contributed by atoms with E-state index in [9.17, 15) is 0 Å². The van der Waals surface area contributed by atoms with Crippen molar-refractivity contribution in [3.63, 3.8) is 0 Å². The summed E-state index contributed by atoms with van der Waals surface area (Å²) in [5.74, 6) is 2.03. The van der Waals surface area contributed by atoms with Gasteiger partial charge in [-0.05, 0) is 19.3 Å². The molecule has 1 fully saturated rings. The van der Waals surface area contributed by atoms with Crippen molar-refractivity contribution in [2.45, 2.75) is 26.3 Å². The summed E-state index contributed by atoms with van der Waals surface area (Å²) in [6.45, 7) is 5.92. The summed E-state index contributed by atoms with van der Waals surface area (Å²) in [6, 6.07) is 0.186. The third kappa shape index (κ3) is 2.21. The topological polar surface area (TPSA) is 99.5 Å². The number of hydrogen-bond acceptors (Lipinski definition) is 5. The van der Waals surface area contributed by atoms with Crippen molar-refractivity contribution in [2.24, 2.45) is 11.7 Å². The molecule has 0 aliphatic carbocycles. The van der Waals surface area contributed by atoms with Crippen LogP contribution in [0.25, 0.3) is 11.4 Å². The van der Waals surface area contributed by atoms with Gasteiger partial charge in [-0.25, -0.2) is 0 Å². The van der Waals surface area contributed by atoms with Crippen LogP contribution >= 0.6 is 0 Å². The lowest BCUT2D eigenvalue weighted by atomic mass is 9.95. The molecule has 1 aliphatic rings. The first-order chi connectivity index (χ1) is 9.15. The minimum absolute atomic E-state index is 0.186. The van der Waals surface area contributed by atoms with Gasteiger partial charge in [0.25, 0.3) is 0 Å². The summed E-state index contributed by atoms with van der Waals surface area (Å²) in [7, 11) is 0. The molecule has 19 heavy (non-hydrogen) atoms. The Morgan fingerprint density at radius 2 is 2.26 bits per heavy atom. The van der Waals surface area contributed by atoms with E-state index in [2.05, 4.69) is 37.2 Å². The second-order valence-electron chi connectivity index (χ2n) is 5.27. The van der Waals surface area contributed by atoms with Gasteiger partial charge < -0.3 is 10.6 Å².